The molecule has 0 fully saturated rings. The van der Waals surface area contributed by atoms with Gasteiger partial charge in [0.2, 0.25) is 0 Å². The van der Waals surface area contributed by atoms with Gasteiger partial charge < -0.3 is 4.74 Å². The summed E-state index contributed by atoms with van der Waals surface area (Å²) in [5, 5.41) is 12.1. The molecule has 0 amide bonds. The van der Waals surface area contributed by atoms with Crippen LogP contribution in [0.15, 0.2) is 36.4 Å². The van der Waals surface area contributed by atoms with E-state index in [0.717, 1.165) is 0 Å². The number of halogens is 3. The molecule has 20 heavy (non-hydrogen) atoms. The number of benzene rings is 2. The Labute approximate surface area is 133 Å². The Balaban J connectivity index is 2.32. The quantitative estimate of drug-likeness (QED) is 0.397. The number of ether oxygens (including phenoxy) is 1. The molecule has 0 atom stereocenters. The lowest BCUT2D eigenvalue weighted by molar-refractivity contribution is -0.385. The monoisotopic (exact) mass is 375 g/mol. The van der Waals surface area contributed by atoms with Gasteiger partial charge in [-0.1, -0.05) is 39.1 Å². The maximum absolute atomic E-state index is 10.8. The average molecular weight is 377 g/mol. The van der Waals surface area contributed by atoms with Gasteiger partial charge in [0, 0.05) is 27.0 Å². The van der Waals surface area contributed by atoms with Gasteiger partial charge in [0.15, 0.2) is 0 Å². The molecule has 0 heterocycles. The van der Waals surface area contributed by atoms with Crippen LogP contribution in [0.5, 0.6) is 11.5 Å². The summed E-state index contributed by atoms with van der Waals surface area (Å²) < 4.78 is 5.60. The molecule has 0 spiro atoms. The maximum atomic E-state index is 10.8. The minimum absolute atomic E-state index is 0.0401. The van der Waals surface area contributed by atoms with Gasteiger partial charge in [-0.2, -0.15) is 0 Å². The second-order valence-corrected chi connectivity index (χ2v) is 5.32. The second kappa shape index (κ2) is 6.43. The highest BCUT2D eigenvalue weighted by Crippen LogP contribution is 2.31. The third-order valence-electron chi connectivity index (χ3n) is 2.46. The first-order valence-corrected chi connectivity index (χ1v) is 7.34. The number of rotatable bonds is 4. The highest BCUT2D eigenvalue weighted by molar-refractivity contribution is 9.08. The Bertz CT molecular complexity index is 644. The van der Waals surface area contributed by atoms with Crippen molar-refractivity contribution >= 4 is 44.8 Å². The summed E-state index contributed by atoms with van der Waals surface area (Å²) in [7, 11) is 0. The van der Waals surface area contributed by atoms with E-state index in [9.17, 15) is 10.1 Å². The van der Waals surface area contributed by atoms with Crippen LogP contribution in [0.3, 0.4) is 0 Å². The molecule has 7 heteroatoms. The van der Waals surface area contributed by atoms with E-state index in [2.05, 4.69) is 15.9 Å². The van der Waals surface area contributed by atoms with E-state index in [1.54, 1.807) is 24.3 Å². The van der Waals surface area contributed by atoms with Crippen molar-refractivity contribution in [2.45, 2.75) is 5.33 Å². The topological polar surface area (TPSA) is 52.4 Å². The molecule has 0 radical (unpaired) electrons. The van der Waals surface area contributed by atoms with Crippen LogP contribution in [-0.4, -0.2) is 4.92 Å². The summed E-state index contributed by atoms with van der Waals surface area (Å²) in [5.41, 5.74) is 0.568. The predicted molar refractivity (Wildman–Crippen MR) is 82.3 cm³/mol. The van der Waals surface area contributed by atoms with Crippen molar-refractivity contribution in [3.8, 4) is 11.5 Å². The van der Waals surface area contributed by atoms with Gasteiger partial charge in [-0.05, 0) is 30.3 Å². The zero-order valence-electron chi connectivity index (χ0n) is 9.98. The van der Waals surface area contributed by atoms with Crippen LogP contribution in [0.4, 0.5) is 5.69 Å². The Hall–Kier alpha value is -1.30. The molecule has 0 aliphatic rings. The van der Waals surface area contributed by atoms with Crippen molar-refractivity contribution in [1.82, 2.24) is 0 Å². The smallest absolute Gasteiger partial charge is 0.273 e. The van der Waals surface area contributed by atoms with Crippen molar-refractivity contribution < 1.29 is 9.66 Å². The van der Waals surface area contributed by atoms with Gasteiger partial charge >= 0.3 is 0 Å². The fraction of sp³-hybridized carbons (Fsp3) is 0.0769. The Kier molecular flexibility index (Phi) is 4.86. The largest absolute Gasteiger partial charge is 0.457 e. The van der Waals surface area contributed by atoms with Gasteiger partial charge in [0.25, 0.3) is 5.69 Å². The molecule has 0 saturated carbocycles. The minimum Gasteiger partial charge on any atom is -0.457 e. The van der Waals surface area contributed by atoms with Crippen molar-refractivity contribution in [3.05, 3.63) is 62.1 Å². The van der Waals surface area contributed by atoms with Crippen LogP contribution in [0.1, 0.15) is 5.56 Å². The van der Waals surface area contributed by atoms with Gasteiger partial charge in [0.1, 0.15) is 11.5 Å². The molecule has 2 rings (SSSR count). The molecular formula is C13H8BrCl2NO3. The Morgan fingerprint density at radius 2 is 1.75 bits per heavy atom. The summed E-state index contributed by atoms with van der Waals surface area (Å²) in [5.74, 6) is 0.945. The fourth-order valence-corrected chi connectivity index (χ4v) is 2.59. The van der Waals surface area contributed by atoms with E-state index in [1.807, 2.05) is 0 Å². The van der Waals surface area contributed by atoms with E-state index in [0.29, 0.717) is 32.4 Å². The van der Waals surface area contributed by atoms with Crippen LogP contribution >= 0.6 is 39.1 Å². The molecule has 2 aromatic carbocycles. The lowest BCUT2D eigenvalue weighted by Gasteiger charge is -2.08. The maximum Gasteiger partial charge on any atom is 0.273 e. The van der Waals surface area contributed by atoms with Crippen molar-refractivity contribution in [1.29, 1.82) is 0 Å². The number of hydrogen-bond donors (Lipinski definition) is 0. The SMILES string of the molecule is O=[N+]([O-])c1ccc(Oc2cc(Cl)cc(Cl)c2)cc1CBr. The zero-order valence-corrected chi connectivity index (χ0v) is 13.1. The molecule has 2 aromatic rings. The lowest BCUT2D eigenvalue weighted by atomic mass is 10.2. The lowest BCUT2D eigenvalue weighted by Crippen LogP contribution is -1.94. The Morgan fingerprint density at radius 1 is 1.10 bits per heavy atom. The molecule has 0 aliphatic heterocycles. The van der Waals surface area contributed by atoms with Gasteiger partial charge in [-0.15, -0.1) is 0 Å². The second-order valence-electron chi connectivity index (χ2n) is 3.89. The van der Waals surface area contributed by atoms with Crippen LogP contribution in [-0.2, 0) is 5.33 Å². The molecule has 104 valence electrons. The van der Waals surface area contributed by atoms with Crippen molar-refractivity contribution in [3.63, 3.8) is 0 Å². The number of nitro benzene ring substituents is 1. The van der Waals surface area contributed by atoms with E-state index in [4.69, 9.17) is 27.9 Å². The van der Waals surface area contributed by atoms with Gasteiger partial charge in [0.05, 0.1) is 4.92 Å². The fourth-order valence-electron chi connectivity index (χ4n) is 1.63. The number of nitrogens with zero attached hydrogens (tertiary/aromatic N) is 1. The van der Waals surface area contributed by atoms with Crippen LogP contribution in [0, 0.1) is 10.1 Å². The zero-order chi connectivity index (χ0) is 14.7. The van der Waals surface area contributed by atoms with Crippen LogP contribution in [0.2, 0.25) is 10.0 Å². The van der Waals surface area contributed by atoms with E-state index < -0.39 is 4.92 Å². The van der Waals surface area contributed by atoms with E-state index in [1.165, 1.54) is 12.1 Å². The van der Waals surface area contributed by atoms with E-state index in [-0.39, 0.29) is 5.69 Å². The summed E-state index contributed by atoms with van der Waals surface area (Å²) in [6.45, 7) is 0. The minimum atomic E-state index is -0.434. The summed E-state index contributed by atoms with van der Waals surface area (Å²) >= 11 is 15.0. The highest BCUT2D eigenvalue weighted by Gasteiger charge is 2.14. The summed E-state index contributed by atoms with van der Waals surface area (Å²) in [4.78, 5) is 10.4. The molecule has 0 unspecified atom stereocenters. The van der Waals surface area contributed by atoms with Gasteiger partial charge in [-0.25, -0.2) is 0 Å². The number of hydrogen-bond acceptors (Lipinski definition) is 3. The molecule has 0 aliphatic carbocycles. The number of nitro groups is 1. The first kappa shape index (κ1) is 15.1. The highest BCUT2D eigenvalue weighted by atomic mass is 79.9. The number of alkyl halides is 1. The first-order valence-electron chi connectivity index (χ1n) is 5.47. The average Bonchev–Trinajstić information content (AvgIpc) is 2.37. The third kappa shape index (κ3) is 3.62. The molecule has 0 N–H and O–H groups in total. The van der Waals surface area contributed by atoms with Crippen LogP contribution in [0.25, 0.3) is 0 Å². The molecule has 4 nitrogen and oxygen atoms in total. The Morgan fingerprint density at radius 3 is 2.30 bits per heavy atom. The third-order valence-corrected chi connectivity index (χ3v) is 3.50. The van der Waals surface area contributed by atoms with E-state index >= 15 is 0 Å². The molecule has 0 saturated heterocycles. The molecular weight excluding hydrogens is 369 g/mol. The first-order chi connectivity index (χ1) is 9.49. The normalized spacial score (nSPS) is 10.3. The summed E-state index contributed by atoms with van der Waals surface area (Å²) in [6.07, 6.45) is 0. The molecule has 0 aromatic heterocycles. The van der Waals surface area contributed by atoms with Gasteiger partial charge in [-0.3, -0.25) is 10.1 Å². The predicted octanol–water partition coefficient (Wildman–Crippen LogP) is 5.59. The molecule has 0 bridgehead atoms. The van der Waals surface area contributed by atoms with Crippen molar-refractivity contribution in [2.24, 2.45) is 0 Å². The van der Waals surface area contributed by atoms with Crippen molar-refractivity contribution in [2.75, 3.05) is 0 Å². The summed E-state index contributed by atoms with van der Waals surface area (Å²) in [6, 6.07) is 9.35. The standard InChI is InChI=1S/C13H8BrCl2NO3/c14-7-8-3-11(1-2-13(8)17(18)19)20-12-5-9(15)4-10(16)6-12/h1-6H,7H2. The van der Waals surface area contributed by atoms with Crippen LogP contribution < -0.4 is 4.74 Å².